The molecule has 0 aliphatic carbocycles. The van der Waals surface area contributed by atoms with Gasteiger partial charge in [-0.2, -0.15) is 5.10 Å². The van der Waals surface area contributed by atoms with Gasteiger partial charge in [0, 0.05) is 9.50 Å². The highest BCUT2D eigenvalue weighted by Crippen LogP contribution is 2.28. The van der Waals surface area contributed by atoms with E-state index in [1.165, 1.54) is 6.20 Å². The zero-order valence-corrected chi connectivity index (χ0v) is 19.5. The Bertz CT molecular complexity index is 1220. The summed E-state index contributed by atoms with van der Waals surface area (Å²) in [4.78, 5) is 12.5. The molecule has 0 spiro atoms. The number of carbonyl (C=O) groups excluding carboxylic acids is 1. The summed E-state index contributed by atoms with van der Waals surface area (Å²) in [5.74, 6) is 1.38. The van der Waals surface area contributed by atoms with Gasteiger partial charge in [0.15, 0.2) is 12.5 Å². The second-order valence-electron chi connectivity index (χ2n) is 6.58. The molecular weight excluding hydrogens is 521 g/mol. The van der Waals surface area contributed by atoms with E-state index in [1.807, 2.05) is 24.3 Å². The molecule has 0 aliphatic heterocycles. The van der Waals surface area contributed by atoms with Crippen LogP contribution in [0, 0.1) is 0 Å². The van der Waals surface area contributed by atoms with Gasteiger partial charge in [-0.1, -0.05) is 39.1 Å². The summed E-state index contributed by atoms with van der Waals surface area (Å²) in [6.07, 6.45) is 3.19. The molecule has 4 rings (SSSR count). The van der Waals surface area contributed by atoms with Crippen molar-refractivity contribution in [3.05, 3.63) is 93.0 Å². The predicted octanol–water partition coefficient (Wildman–Crippen LogP) is 6.41. The first-order valence-electron chi connectivity index (χ1n) is 9.35. The highest BCUT2D eigenvalue weighted by molar-refractivity contribution is 9.10. The normalized spacial score (nSPS) is 10.7. The molecular formula is C22H16BrCl2N3O4. The summed E-state index contributed by atoms with van der Waals surface area (Å²) in [5.41, 5.74) is 0.511. The Morgan fingerprint density at radius 1 is 1.09 bits per heavy atom. The number of aromatic nitrogens is 2. The first-order valence-corrected chi connectivity index (χ1v) is 10.9. The number of nitrogens with zero attached hydrogens (tertiary/aromatic N) is 2. The Balaban J connectivity index is 1.29. The second-order valence-corrected chi connectivity index (χ2v) is 8.34. The molecule has 1 N–H and O–H groups in total. The van der Waals surface area contributed by atoms with Crippen molar-refractivity contribution in [2.45, 2.75) is 13.3 Å². The molecule has 0 fully saturated rings. The number of hydrogen-bond acceptors (Lipinski definition) is 5. The summed E-state index contributed by atoms with van der Waals surface area (Å²) in [5, 5.41) is 7.81. The molecule has 0 saturated heterocycles. The minimum absolute atomic E-state index is 0.111. The van der Waals surface area contributed by atoms with Gasteiger partial charge in [-0.15, -0.1) is 0 Å². The lowest BCUT2D eigenvalue weighted by molar-refractivity contribution is 0.0992. The lowest BCUT2D eigenvalue weighted by Gasteiger charge is -2.06. The molecule has 0 saturated carbocycles. The molecule has 0 radical (unpaired) electrons. The molecule has 0 atom stereocenters. The van der Waals surface area contributed by atoms with Crippen molar-refractivity contribution in [3.8, 4) is 11.5 Å². The van der Waals surface area contributed by atoms with Gasteiger partial charge in [-0.3, -0.25) is 4.79 Å². The van der Waals surface area contributed by atoms with Crippen LogP contribution in [-0.4, -0.2) is 15.7 Å². The fraction of sp³-hybridized carbons (Fsp3) is 0.0909. The summed E-state index contributed by atoms with van der Waals surface area (Å²) in [6.45, 7) is 0.312. The highest BCUT2D eigenvalue weighted by Gasteiger charge is 2.13. The molecule has 0 unspecified atom stereocenters. The Kier molecular flexibility index (Phi) is 7.04. The topological polar surface area (TPSA) is 78.5 Å². The Morgan fingerprint density at radius 3 is 2.69 bits per heavy atom. The second kappa shape index (κ2) is 10.1. The van der Waals surface area contributed by atoms with Crippen LogP contribution in [0.15, 0.2) is 75.9 Å². The van der Waals surface area contributed by atoms with E-state index in [4.69, 9.17) is 37.1 Å². The number of ether oxygens (including phenoxy) is 2. The molecule has 164 valence electrons. The van der Waals surface area contributed by atoms with Crippen molar-refractivity contribution in [1.82, 2.24) is 9.78 Å². The number of benzene rings is 2. The van der Waals surface area contributed by atoms with Gasteiger partial charge in [0.1, 0.15) is 23.9 Å². The average Bonchev–Trinajstić information content (AvgIpc) is 3.42. The van der Waals surface area contributed by atoms with Crippen LogP contribution in [0.3, 0.4) is 0 Å². The van der Waals surface area contributed by atoms with Gasteiger partial charge < -0.3 is 19.2 Å². The van der Waals surface area contributed by atoms with Crippen molar-refractivity contribution in [2.75, 3.05) is 5.32 Å². The average molecular weight is 537 g/mol. The quantitative estimate of drug-likeness (QED) is 0.281. The first-order chi connectivity index (χ1) is 15.5. The third-order valence-corrected chi connectivity index (χ3v) is 5.28. The zero-order valence-electron chi connectivity index (χ0n) is 16.4. The third-order valence-electron chi connectivity index (χ3n) is 4.22. The van der Waals surface area contributed by atoms with Gasteiger partial charge in [-0.05, 0) is 54.6 Å². The summed E-state index contributed by atoms with van der Waals surface area (Å²) < 4.78 is 19.4. The maximum Gasteiger partial charge on any atom is 0.291 e. The summed E-state index contributed by atoms with van der Waals surface area (Å²) in [6, 6.07) is 15.6. The van der Waals surface area contributed by atoms with Crippen molar-refractivity contribution in [3.63, 3.8) is 0 Å². The monoisotopic (exact) mass is 535 g/mol. The van der Waals surface area contributed by atoms with E-state index in [9.17, 15) is 4.79 Å². The number of hydrogen-bond donors (Lipinski definition) is 1. The largest absolute Gasteiger partial charge is 0.484 e. The SMILES string of the molecule is O=C(Nc1cnn(COc2ccc(Br)cc2)c1)c1ccc(COc2ccc(Cl)cc2Cl)o1. The number of amides is 1. The fourth-order valence-corrected chi connectivity index (χ4v) is 3.41. The van der Waals surface area contributed by atoms with Crippen LogP contribution in [0.25, 0.3) is 0 Å². The van der Waals surface area contributed by atoms with Gasteiger partial charge >= 0.3 is 0 Å². The zero-order chi connectivity index (χ0) is 22.5. The van der Waals surface area contributed by atoms with E-state index >= 15 is 0 Å². The van der Waals surface area contributed by atoms with Crippen LogP contribution < -0.4 is 14.8 Å². The standard InChI is InChI=1S/C22H16BrCl2N3O4/c23-14-1-4-17(5-2-14)31-13-28-11-16(10-26-28)27-22(29)21-8-6-18(32-21)12-30-20-7-3-15(24)9-19(20)25/h1-11H,12-13H2,(H,27,29). The van der Waals surface area contributed by atoms with Crippen LogP contribution in [0.1, 0.15) is 16.3 Å². The van der Waals surface area contributed by atoms with E-state index in [2.05, 4.69) is 26.3 Å². The Labute approximate surface area is 202 Å². The third kappa shape index (κ3) is 5.85. The number of furan rings is 1. The predicted molar refractivity (Wildman–Crippen MR) is 124 cm³/mol. The first kappa shape index (κ1) is 22.3. The highest BCUT2D eigenvalue weighted by atomic mass is 79.9. The lowest BCUT2D eigenvalue weighted by Crippen LogP contribution is -2.10. The molecule has 4 aromatic rings. The number of halogens is 3. The molecule has 7 nitrogen and oxygen atoms in total. The number of nitrogens with one attached hydrogen (secondary N) is 1. The lowest BCUT2D eigenvalue weighted by atomic mass is 10.3. The summed E-state index contributed by atoms with van der Waals surface area (Å²) in [7, 11) is 0. The fourth-order valence-electron chi connectivity index (χ4n) is 2.68. The van der Waals surface area contributed by atoms with E-state index < -0.39 is 5.91 Å². The van der Waals surface area contributed by atoms with Gasteiger partial charge in [0.05, 0.1) is 23.1 Å². The Morgan fingerprint density at radius 2 is 1.91 bits per heavy atom. The van der Waals surface area contributed by atoms with Crippen LogP contribution >= 0.6 is 39.1 Å². The van der Waals surface area contributed by atoms with Crippen molar-refractivity contribution in [2.24, 2.45) is 0 Å². The van der Waals surface area contributed by atoms with Gasteiger partial charge in [0.25, 0.3) is 5.91 Å². The van der Waals surface area contributed by atoms with Crippen LogP contribution in [0.2, 0.25) is 10.0 Å². The number of carbonyl (C=O) groups is 1. The van der Waals surface area contributed by atoms with Crippen molar-refractivity contribution >= 4 is 50.7 Å². The van der Waals surface area contributed by atoms with Gasteiger partial charge in [-0.25, -0.2) is 4.68 Å². The molecule has 2 heterocycles. The van der Waals surface area contributed by atoms with E-state index in [-0.39, 0.29) is 19.1 Å². The smallest absolute Gasteiger partial charge is 0.291 e. The minimum atomic E-state index is -0.408. The van der Waals surface area contributed by atoms with Crippen LogP contribution in [0.5, 0.6) is 11.5 Å². The summed E-state index contributed by atoms with van der Waals surface area (Å²) >= 11 is 15.3. The number of rotatable bonds is 8. The number of anilines is 1. The van der Waals surface area contributed by atoms with Crippen LogP contribution in [-0.2, 0) is 13.3 Å². The maximum atomic E-state index is 12.5. The molecule has 1 amide bonds. The van der Waals surface area contributed by atoms with E-state index in [0.29, 0.717) is 33.0 Å². The van der Waals surface area contributed by atoms with Crippen LogP contribution in [0.4, 0.5) is 5.69 Å². The maximum absolute atomic E-state index is 12.5. The minimum Gasteiger partial charge on any atom is -0.484 e. The van der Waals surface area contributed by atoms with Gasteiger partial charge in [0.2, 0.25) is 0 Å². The Hall–Kier alpha value is -2.94. The molecule has 32 heavy (non-hydrogen) atoms. The molecule has 2 aromatic heterocycles. The van der Waals surface area contributed by atoms with Crippen molar-refractivity contribution in [1.29, 1.82) is 0 Å². The van der Waals surface area contributed by atoms with E-state index in [1.54, 1.807) is 41.2 Å². The molecule has 0 bridgehead atoms. The van der Waals surface area contributed by atoms with E-state index in [0.717, 1.165) is 4.47 Å². The molecule has 10 heteroatoms. The molecule has 2 aromatic carbocycles. The van der Waals surface area contributed by atoms with Crippen molar-refractivity contribution < 1.29 is 18.7 Å². The molecule has 0 aliphatic rings.